The molecule has 1 aromatic rings. The number of fused-ring (bicyclic) bond motifs is 1. The first-order valence-corrected chi connectivity index (χ1v) is 15.1. The SMILES string of the molecule is C=CCCCOC(=O)[C@@H]1[C@H]2C(=O)N([C@@H](CO)[C@@H](C)CC)C(C(=O)N(CC=C)Cc3ccccc3)C23CC[C@@]1(CC)O3. The van der Waals surface area contributed by atoms with Crippen LogP contribution in [-0.4, -0.2) is 75.7 Å². The second-order valence-corrected chi connectivity index (χ2v) is 11.8. The number of aliphatic hydroxyl groups is 1. The van der Waals surface area contributed by atoms with Gasteiger partial charge in [0.05, 0.1) is 30.8 Å². The quantitative estimate of drug-likeness (QED) is 0.194. The Bertz CT molecular complexity index is 1120. The zero-order valence-corrected chi connectivity index (χ0v) is 24.8. The summed E-state index contributed by atoms with van der Waals surface area (Å²) in [6, 6.07) is 8.13. The van der Waals surface area contributed by atoms with Crippen molar-refractivity contribution >= 4 is 17.8 Å². The van der Waals surface area contributed by atoms with E-state index in [1.807, 2.05) is 51.1 Å². The standard InChI is InChI=1S/C33H46N2O6/c1-6-10-14-20-40-31(39)27-26-29(37)35(25(22-36)23(5)8-3)28(33(26)18-17-32(27,9-4)41-33)30(38)34(19-7-2)21-24-15-12-11-13-16-24/h6-7,11-13,15-16,23,25-28,36H,1-2,8-10,14,17-22H2,3-5H3/t23-,25-,26-,27-,28?,32+,33?/m0/s1. The van der Waals surface area contributed by atoms with Crippen LogP contribution in [0.25, 0.3) is 0 Å². The number of hydrogen-bond donors (Lipinski definition) is 1. The van der Waals surface area contributed by atoms with Gasteiger partial charge in [0.25, 0.3) is 0 Å². The van der Waals surface area contributed by atoms with Gasteiger partial charge in [-0.15, -0.1) is 13.2 Å². The van der Waals surface area contributed by atoms with E-state index in [4.69, 9.17) is 9.47 Å². The van der Waals surface area contributed by atoms with Gasteiger partial charge in [0, 0.05) is 13.1 Å². The lowest BCUT2D eigenvalue weighted by Gasteiger charge is -2.41. The summed E-state index contributed by atoms with van der Waals surface area (Å²) in [6.45, 7) is 14.1. The summed E-state index contributed by atoms with van der Waals surface area (Å²) < 4.78 is 12.6. The van der Waals surface area contributed by atoms with E-state index in [9.17, 15) is 19.5 Å². The van der Waals surface area contributed by atoms with Gasteiger partial charge < -0.3 is 24.4 Å². The fraction of sp³-hybridized carbons (Fsp3) is 0.606. The molecule has 224 valence electrons. The van der Waals surface area contributed by atoms with Gasteiger partial charge in [-0.05, 0) is 43.6 Å². The van der Waals surface area contributed by atoms with E-state index in [2.05, 4.69) is 13.2 Å². The van der Waals surface area contributed by atoms with Crippen molar-refractivity contribution < 1.29 is 29.0 Å². The van der Waals surface area contributed by atoms with Gasteiger partial charge in [0.1, 0.15) is 17.6 Å². The van der Waals surface area contributed by atoms with Crippen LogP contribution in [0.15, 0.2) is 55.6 Å². The smallest absolute Gasteiger partial charge is 0.312 e. The molecule has 41 heavy (non-hydrogen) atoms. The zero-order chi connectivity index (χ0) is 29.8. The van der Waals surface area contributed by atoms with Gasteiger partial charge in [-0.2, -0.15) is 0 Å². The Kier molecular flexibility index (Phi) is 9.75. The van der Waals surface area contributed by atoms with Crippen LogP contribution in [0, 0.1) is 17.8 Å². The molecule has 2 amide bonds. The molecule has 3 heterocycles. The summed E-state index contributed by atoms with van der Waals surface area (Å²) in [5.41, 5.74) is -1.09. The number of amides is 2. The fourth-order valence-electron chi connectivity index (χ4n) is 7.32. The minimum Gasteiger partial charge on any atom is -0.465 e. The van der Waals surface area contributed by atoms with Crippen LogP contribution in [0.4, 0.5) is 0 Å². The number of rotatable bonds is 15. The van der Waals surface area contributed by atoms with Crippen molar-refractivity contribution in [3.8, 4) is 0 Å². The van der Waals surface area contributed by atoms with Crippen LogP contribution >= 0.6 is 0 Å². The lowest BCUT2D eigenvalue weighted by Crippen LogP contribution is -2.59. The van der Waals surface area contributed by atoms with Crippen LogP contribution in [0.5, 0.6) is 0 Å². The lowest BCUT2D eigenvalue weighted by atomic mass is 9.65. The van der Waals surface area contributed by atoms with E-state index in [1.54, 1.807) is 22.0 Å². The van der Waals surface area contributed by atoms with Gasteiger partial charge in [0.15, 0.2) is 0 Å². The predicted octanol–water partition coefficient (Wildman–Crippen LogP) is 4.27. The summed E-state index contributed by atoms with van der Waals surface area (Å²) in [6.07, 6.45) is 7.11. The van der Waals surface area contributed by atoms with Gasteiger partial charge in [-0.1, -0.05) is 69.7 Å². The molecule has 4 rings (SSSR count). The van der Waals surface area contributed by atoms with Crippen LogP contribution in [0.1, 0.15) is 64.9 Å². The molecule has 8 nitrogen and oxygen atoms in total. The van der Waals surface area contributed by atoms with Gasteiger partial charge >= 0.3 is 5.97 Å². The molecule has 0 aromatic heterocycles. The molecule has 0 radical (unpaired) electrons. The Labute approximate surface area is 244 Å². The highest BCUT2D eigenvalue weighted by Crippen LogP contribution is 2.65. The van der Waals surface area contributed by atoms with Crippen molar-refractivity contribution in [3.05, 3.63) is 61.2 Å². The fourth-order valence-corrected chi connectivity index (χ4v) is 7.32. The summed E-state index contributed by atoms with van der Waals surface area (Å²) in [5, 5.41) is 10.6. The van der Waals surface area contributed by atoms with Gasteiger partial charge in [0.2, 0.25) is 11.8 Å². The Balaban J connectivity index is 1.78. The zero-order valence-electron chi connectivity index (χ0n) is 24.8. The second-order valence-electron chi connectivity index (χ2n) is 11.8. The molecule has 1 spiro atoms. The largest absolute Gasteiger partial charge is 0.465 e. The first-order chi connectivity index (χ1) is 19.7. The molecule has 3 saturated heterocycles. The summed E-state index contributed by atoms with van der Waals surface area (Å²) in [7, 11) is 0. The Morgan fingerprint density at radius 2 is 1.95 bits per heavy atom. The van der Waals surface area contributed by atoms with Crippen molar-refractivity contribution in [2.45, 2.75) is 89.1 Å². The van der Waals surface area contributed by atoms with E-state index in [-0.39, 0.29) is 37.5 Å². The number of allylic oxidation sites excluding steroid dienone is 1. The molecule has 2 bridgehead atoms. The number of nitrogens with zero attached hydrogens (tertiary/aromatic N) is 2. The molecular formula is C33H46N2O6. The van der Waals surface area contributed by atoms with E-state index < -0.39 is 41.1 Å². The van der Waals surface area contributed by atoms with Crippen molar-refractivity contribution in [2.75, 3.05) is 19.8 Å². The van der Waals surface area contributed by atoms with Crippen molar-refractivity contribution in [3.63, 3.8) is 0 Å². The van der Waals surface area contributed by atoms with Gasteiger partial charge in [-0.3, -0.25) is 14.4 Å². The van der Waals surface area contributed by atoms with Crippen molar-refractivity contribution in [1.29, 1.82) is 0 Å². The number of carbonyl (C=O) groups is 3. The third kappa shape index (κ3) is 5.37. The number of ether oxygens (including phenoxy) is 2. The third-order valence-electron chi connectivity index (χ3n) is 9.63. The van der Waals surface area contributed by atoms with Crippen molar-refractivity contribution in [2.24, 2.45) is 17.8 Å². The first-order valence-electron chi connectivity index (χ1n) is 15.1. The highest BCUT2D eigenvalue weighted by molar-refractivity contribution is 5.98. The van der Waals surface area contributed by atoms with Crippen molar-refractivity contribution in [1.82, 2.24) is 9.80 Å². The number of hydrogen-bond acceptors (Lipinski definition) is 6. The minimum atomic E-state index is -1.17. The molecule has 7 atom stereocenters. The maximum atomic E-state index is 14.7. The Hall–Kier alpha value is -2.97. The summed E-state index contributed by atoms with van der Waals surface area (Å²) in [4.78, 5) is 46.1. The molecule has 1 aromatic carbocycles. The van der Waals surface area contributed by atoms with Crippen LogP contribution in [0.2, 0.25) is 0 Å². The molecule has 0 aliphatic carbocycles. The molecule has 1 N–H and O–H groups in total. The number of unbranched alkanes of at least 4 members (excludes halogenated alkanes) is 1. The number of carbonyl (C=O) groups excluding carboxylic acids is 3. The highest BCUT2D eigenvalue weighted by atomic mass is 16.6. The summed E-state index contributed by atoms with van der Waals surface area (Å²) >= 11 is 0. The first kappa shape index (κ1) is 31.0. The normalized spacial score (nSPS) is 29.6. The Morgan fingerprint density at radius 1 is 1.22 bits per heavy atom. The average Bonchev–Trinajstić information content (AvgIpc) is 3.59. The predicted molar refractivity (Wildman–Crippen MR) is 156 cm³/mol. The minimum absolute atomic E-state index is 0.0712. The molecule has 3 fully saturated rings. The summed E-state index contributed by atoms with van der Waals surface area (Å²) in [5.74, 6) is -2.73. The number of aliphatic hydroxyl groups excluding tert-OH is 1. The molecule has 2 unspecified atom stereocenters. The Morgan fingerprint density at radius 3 is 2.56 bits per heavy atom. The number of esters is 1. The van der Waals surface area contributed by atoms with E-state index in [1.165, 1.54) is 0 Å². The number of likely N-dealkylation sites (tertiary alicyclic amines) is 1. The molecule has 3 aliphatic heterocycles. The monoisotopic (exact) mass is 566 g/mol. The second kappa shape index (κ2) is 12.9. The molecule has 3 aliphatic rings. The van der Waals surface area contributed by atoms with E-state index in [0.29, 0.717) is 38.6 Å². The highest BCUT2D eigenvalue weighted by Gasteiger charge is 2.79. The van der Waals surface area contributed by atoms with Gasteiger partial charge in [-0.25, -0.2) is 0 Å². The molecule has 8 heteroatoms. The maximum absolute atomic E-state index is 14.7. The van der Waals surface area contributed by atoms with E-state index in [0.717, 1.165) is 12.0 Å². The molecule has 0 saturated carbocycles. The van der Waals surface area contributed by atoms with Crippen LogP contribution in [-0.2, 0) is 30.4 Å². The maximum Gasteiger partial charge on any atom is 0.312 e. The van der Waals surface area contributed by atoms with Crippen LogP contribution in [0.3, 0.4) is 0 Å². The van der Waals surface area contributed by atoms with Crippen LogP contribution < -0.4 is 0 Å². The van der Waals surface area contributed by atoms with E-state index >= 15 is 0 Å². The topological polar surface area (TPSA) is 96.4 Å². The molecular weight excluding hydrogens is 520 g/mol. The lowest BCUT2D eigenvalue weighted by molar-refractivity contribution is -0.164. The number of benzene rings is 1. The average molecular weight is 567 g/mol. The third-order valence-corrected chi connectivity index (χ3v) is 9.63.